The van der Waals surface area contributed by atoms with Crippen LogP contribution in [0.2, 0.25) is 0 Å². The fourth-order valence-corrected chi connectivity index (χ4v) is 2.41. The predicted molar refractivity (Wildman–Crippen MR) is 72.9 cm³/mol. The predicted octanol–water partition coefficient (Wildman–Crippen LogP) is 2.21. The lowest BCUT2D eigenvalue weighted by Crippen LogP contribution is -2.41. The van der Waals surface area contributed by atoms with Crippen molar-refractivity contribution in [2.24, 2.45) is 5.92 Å². The Morgan fingerprint density at radius 1 is 1.30 bits per heavy atom. The topological polar surface area (TPSA) is 55.8 Å². The second-order valence-corrected chi connectivity index (χ2v) is 5.07. The van der Waals surface area contributed by atoms with Gasteiger partial charge in [0.2, 0.25) is 0 Å². The third-order valence-corrected chi connectivity index (χ3v) is 3.42. The summed E-state index contributed by atoms with van der Waals surface area (Å²) in [5, 5.41) is 0. The Morgan fingerprint density at radius 3 is 2.65 bits per heavy atom. The third kappa shape index (κ3) is 3.29. The Morgan fingerprint density at radius 2 is 2.00 bits per heavy atom. The summed E-state index contributed by atoms with van der Waals surface area (Å²) in [4.78, 5) is 25.2. The van der Waals surface area contributed by atoms with Crippen molar-refractivity contribution in [3.05, 3.63) is 35.9 Å². The highest BCUT2D eigenvalue weighted by molar-refractivity contribution is 5.82. The lowest BCUT2D eigenvalue weighted by molar-refractivity contribution is -0.145. The Hall–Kier alpha value is -2.04. The van der Waals surface area contributed by atoms with Crippen LogP contribution in [0.15, 0.2) is 30.3 Å². The monoisotopic (exact) mass is 277 g/mol. The zero-order valence-corrected chi connectivity index (χ0v) is 11.7. The minimum absolute atomic E-state index is 0.207. The molecule has 0 saturated carbocycles. The lowest BCUT2D eigenvalue weighted by atomic mass is 10.1. The number of amides is 1. The zero-order valence-electron chi connectivity index (χ0n) is 11.7. The largest absolute Gasteiger partial charge is 0.467 e. The SMILES string of the molecule is COC(=O)[C@H]1C[C@@H](C)CN1C(=O)OCc1ccccc1. The quantitative estimate of drug-likeness (QED) is 0.795. The van der Waals surface area contributed by atoms with E-state index >= 15 is 0 Å². The molecule has 0 unspecified atom stereocenters. The van der Waals surface area contributed by atoms with E-state index in [4.69, 9.17) is 9.47 Å². The van der Waals surface area contributed by atoms with Crippen LogP contribution in [0.5, 0.6) is 0 Å². The first kappa shape index (κ1) is 14.4. The molecule has 1 amide bonds. The standard InChI is InChI=1S/C15H19NO4/c1-11-8-13(14(17)19-2)16(9-11)15(18)20-10-12-6-4-3-5-7-12/h3-7,11,13H,8-10H2,1-2H3/t11-,13-/m1/s1. The number of ether oxygens (including phenoxy) is 2. The summed E-state index contributed by atoms with van der Waals surface area (Å²) in [5.41, 5.74) is 0.919. The van der Waals surface area contributed by atoms with Crippen molar-refractivity contribution in [3.8, 4) is 0 Å². The van der Waals surface area contributed by atoms with Gasteiger partial charge >= 0.3 is 12.1 Å². The van der Waals surface area contributed by atoms with Crippen LogP contribution in [-0.2, 0) is 20.9 Å². The first-order chi connectivity index (χ1) is 9.61. The van der Waals surface area contributed by atoms with Crippen molar-refractivity contribution >= 4 is 12.1 Å². The molecule has 0 N–H and O–H groups in total. The maximum Gasteiger partial charge on any atom is 0.410 e. The van der Waals surface area contributed by atoms with Gasteiger partial charge < -0.3 is 9.47 Å². The van der Waals surface area contributed by atoms with Crippen LogP contribution in [0.4, 0.5) is 4.79 Å². The van der Waals surface area contributed by atoms with Crippen molar-refractivity contribution in [2.45, 2.75) is 26.0 Å². The molecule has 5 heteroatoms. The third-order valence-electron chi connectivity index (χ3n) is 3.42. The molecular formula is C15H19NO4. The molecule has 108 valence electrons. The highest BCUT2D eigenvalue weighted by Gasteiger charge is 2.39. The van der Waals surface area contributed by atoms with Gasteiger partial charge in [0.1, 0.15) is 12.6 Å². The number of carbonyl (C=O) groups excluding carboxylic acids is 2. The van der Waals surface area contributed by atoms with Gasteiger partial charge in [-0.05, 0) is 17.9 Å². The Labute approximate surface area is 118 Å². The number of carbonyl (C=O) groups is 2. The summed E-state index contributed by atoms with van der Waals surface area (Å²) in [6.07, 6.45) is 0.154. The number of rotatable bonds is 3. The van der Waals surface area contributed by atoms with Crippen molar-refractivity contribution in [3.63, 3.8) is 0 Å². The Bertz CT molecular complexity index is 474. The molecule has 1 fully saturated rings. The molecule has 1 aliphatic heterocycles. The van der Waals surface area contributed by atoms with Crippen LogP contribution < -0.4 is 0 Å². The molecule has 0 bridgehead atoms. The number of likely N-dealkylation sites (tertiary alicyclic amines) is 1. The summed E-state index contributed by atoms with van der Waals surface area (Å²) in [6, 6.07) is 8.92. The minimum Gasteiger partial charge on any atom is -0.467 e. The van der Waals surface area contributed by atoms with E-state index in [-0.39, 0.29) is 18.5 Å². The number of hydrogen-bond donors (Lipinski definition) is 0. The molecule has 2 rings (SSSR count). The summed E-state index contributed by atoms with van der Waals surface area (Å²) >= 11 is 0. The van der Waals surface area contributed by atoms with Gasteiger partial charge in [-0.1, -0.05) is 37.3 Å². The summed E-state index contributed by atoms with van der Waals surface area (Å²) in [6.45, 7) is 2.73. The van der Waals surface area contributed by atoms with Gasteiger partial charge in [-0.15, -0.1) is 0 Å². The maximum absolute atomic E-state index is 12.1. The fraction of sp³-hybridized carbons (Fsp3) is 0.467. The highest BCUT2D eigenvalue weighted by atomic mass is 16.6. The molecular weight excluding hydrogens is 258 g/mol. The molecule has 1 saturated heterocycles. The second-order valence-electron chi connectivity index (χ2n) is 5.07. The first-order valence-electron chi connectivity index (χ1n) is 6.67. The van der Waals surface area contributed by atoms with Gasteiger partial charge in [0.25, 0.3) is 0 Å². The Kier molecular flexibility index (Phi) is 4.61. The van der Waals surface area contributed by atoms with Crippen LogP contribution in [0.1, 0.15) is 18.9 Å². The smallest absolute Gasteiger partial charge is 0.410 e. The van der Waals surface area contributed by atoms with Crippen LogP contribution in [0, 0.1) is 5.92 Å². The zero-order chi connectivity index (χ0) is 14.5. The molecule has 0 aromatic heterocycles. The van der Waals surface area contributed by atoms with E-state index in [0.717, 1.165) is 5.56 Å². The first-order valence-corrected chi connectivity index (χ1v) is 6.67. The van der Waals surface area contributed by atoms with E-state index < -0.39 is 12.1 Å². The molecule has 0 radical (unpaired) electrons. The number of esters is 1. The van der Waals surface area contributed by atoms with E-state index in [1.54, 1.807) is 0 Å². The molecule has 0 spiro atoms. The van der Waals surface area contributed by atoms with Crippen molar-refractivity contribution < 1.29 is 19.1 Å². The molecule has 1 heterocycles. The number of benzene rings is 1. The average Bonchev–Trinajstić information content (AvgIpc) is 2.87. The minimum atomic E-state index is -0.529. The van der Waals surface area contributed by atoms with Gasteiger partial charge in [0, 0.05) is 6.54 Å². The molecule has 5 nitrogen and oxygen atoms in total. The molecule has 1 aromatic rings. The summed E-state index contributed by atoms with van der Waals surface area (Å²) in [7, 11) is 1.33. The molecule has 20 heavy (non-hydrogen) atoms. The number of hydrogen-bond acceptors (Lipinski definition) is 4. The summed E-state index contributed by atoms with van der Waals surface area (Å²) in [5.74, 6) is -0.116. The van der Waals surface area contributed by atoms with Crippen molar-refractivity contribution in [1.82, 2.24) is 4.90 Å². The molecule has 2 atom stereocenters. The van der Waals surface area contributed by atoms with Gasteiger partial charge in [-0.25, -0.2) is 9.59 Å². The number of nitrogens with zero attached hydrogens (tertiary/aromatic N) is 1. The summed E-state index contributed by atoms with van der Waals surface area (Å²) < 4.78 is 10.0. The maximum atomic E-state index is 12.1. The van der Waals surface area contributed by atoms with E-state index in [1.165, 1.54) is 12.0 Å². The normalized spacial score (nSPS) is 21.6. The van der Waals surface area contributed by atoms with Crippen molar-refractivity contribution in [1.29, 1.82) is 0 Å². The Balaban J connectivity index is 1.95. The van der Waals surface area contributed by atoms with Crippen LogP contribution in [0.25, 0.3) is 0 Å². The second kappa shape index (κ2) is 6.41. The molecule has 1 aliphatic rings. The van der Waals surface area contributed by atoms with Gasteiger partial charge in [-0.3, -0.25) is 4.90 Å². The molecule has 0 aliphatic carbocycles. The fourth-order valence-electron chi connectivity index (χ4n) is 2.41. The number of methoxy groups -OCH3 is 1. The van der Waals surface area contributed by atoms with Gasteiger partial charge in [0.05, 0.1) is 7.11 Å². The van der Waals surface area contributed by atoms with Gasteiger partial charge in [-0.2, -0.15) is 0 Å². The van der Waals surface area contributed by atoms with E-state index in [0.29, 0.717) is 13.0 Å². The van der Waals surface area contributed by atoms with Crippen molar-refractivity contribution in [2.75, 3.05) is 13.7 Å². The van der Waals surface area contributed by atoms with Crippen LogP contribution >= 0.6 is 0 Å². The lowest BCUT2D eigenvalue weighted by Gasteiger charge is -2.21. The van der Waals surface area contributed by atoms with Crippen LogP contribution in [-0.4, -0.2) is 36.7 Å². The van der Waals surface area contributed by atoms with Crippen LogP contribution in [0.3, 0.4) is 0 Å². The van der Waals surface area contributed by atoms with E-state index in [2.05, 4.69) is 0 Å². The molecule has 1 aromatic carbocycles. The van der Waals surface area contributed by atoms with E-state index in [9.17, 15) is 9.59 Å². The highest BCUT2D eigenvalue weighted by Crippen LogP contribution is 2.24. The van der Waals surface area contributed by atoms with E-state index in [1.807, 2.05) is 37.3 Å². The average molecular weight is 277 g/mol. The van der Waals surface area contributed by atoms with Gasteiger partial charge in [0.15, 0.2) is 0 Å².